The van der Waals surface area contributed by atoms with E-state index in [9.17, 15) is 0 Å². The number of nitrogens with zero attached hydrogens (tertiary/aromatic N) is 1. The third-order valence-electron chi connectivity index (χ3n) is 1.20. The summed E-state index contributed by atoms with van der Waals surface area (Å²) in [4.78, 5) is 3.96. The maximum absolute atomic E-state index is 5.58. The molecule has 0 saturated heterocycles. The minimum absolute atomic E-state index is 0.418. The molecule has 0 unspecified atom stereocenters. The van der Waals surface area contributed by atoms with Gasteiger partial charge < -0.3 is 0 Å². The molecule has 1 aromatic rings. The zero-order valence-corrected chi connectivity index (χ0v) is 8.99. The molecular weight excluding hydrogens is 187 g/mol. The van der Waals surface area contributed by atoms with Crippen LogP contribution in [0.1, 0.15) is 0 Å². The Kier molecular flexibility index (Phi) is 2.62. The minimum atomic E-state index is -0.418. The van der Waals surface area contributed by atoms with Crippen LogP contribution in [0.2, 0.25) is 10.7 Å². The number of hydrogen-bond acceptors (Lipinski definition) is 1. The van der Waals surface area contributed by atoms with E-state index >= 15 is 0 Å². The molecule has 0 saturated carbocycles. The van der Waals surface area contributed by atoms with Crippen LogP contribution in [0, 0.1) is 0 Å². The summed E-state index contributed by atoms with van der Waals surface area (Å²) in [5, 5.41) is 0.592. The average molecular weight is 193 g/mol. The van der Waals surface area contributed by atoms with Crippen LogP contribution in [0.5, 0.6) is 0 Å². The van der Waals surface area contributed by atoms with Gasteiger partial charge in [0.2, 0.25) is 0 Å². The van der Waals surface area contributed by atoms with Gasteiger partial charge in [-0.15, -0.1) is 0 Å². The van der Waals surface area contributed by atoms with Gasteiger partial charge >= 0.3 is 66.9 Å². The topological polar surface area (TPSA) is 12.9 Å². The van der Waals surface area contributed by atoms with Gasteiger partial charge in [-0.05, 0) is 0 Å². The fourth-order valence-corrected chi connectivity index (χ4v) is 2.04. The first-order chi connectivity index (χ1) is 4.33. The van der Waals surface area contributed by atoms with Gasteiger partial charge in [-0.1, -0.05) is 0 Å². The Hall–Kier alpha value is 0.0634. The molecule has 9 heavy (non-hydrogen) atoms. The van der Waals surface area contributed by atoms with Crippen molar-refractivity contribution in [2.24, 2.45) is 0 Å². The van der Waals surface area contributed by atoms with Crippen LogP contribution in [-0.2, 0) is 17.1 Å². The van der Waals surface area contributed by atoms with Crippen molar-refractivity contribution in [3.8, 4) is 0 Å². The second-order valence-corrected chi connectivity index (χ2v) is 5.43. The van der Waals surface area contributed by atoms with Crippen molar-refractivity contribution in [3.63, 3.8) is 0 Å². The van der Waals surface area contributed by atoms with Gasteiger partial charge in [0, 0.05) is 0 Å². The summed E-state index contributed by atoms with van der Waals surface area (Å²) in [6.07, 6.45) is 1.88. The van der Waals surface area contributed by atoms with Gasteiger partial charge in [-0.3, -0.25) is 0 Å². The number of pyridine rings is 1. The molecule has 1 nitrogen and oxygen atoms in total. The first-order valence-electron chi connectivity index (χ1n) is 2.93. The monoisotopic (exact) mass is 191 g/mol. The van der Waals surface area contributed by atoms with E-state index in [0.717, 1.165) is 0 Å². The third kappa shape index (κ3) is 2.04. The molecule has 0 atom stereocenters. The van der Waals surface area contributed by atoms with Gasteiger partial charge in [0.05, 0.1) is 0 Å². The summed E-state index contributed by atoms with van der Waals surface area (Å²) in [6, 6.07) is 3.92. The van der Waals surface area contributed by atoms with Crippen molar-refractivity contribution in [3.05, 3.63) is 23.5 Å². The van der Waals surface area contributed by atoms with Gasteiger partial charge in [-0.2, -0.15) is 0 Å². The second kappa shape index (κ2) is 3.29. The Labute approximate surface area is 67.0 Å². The summed E-state index contributed by atoms with van der Waals surface area (Å²) < 4.78 is 1.41. The first kappa shape index (κ1) is 7.17. The Morgan fingerprint density at radius 1 is 1.56 bits per heavy atom. The van der Waals surface area contributed by atoms with Crippen molar-refractivity contribution in [2.45, 2.75) is 5.52 Å². The van der Waals surface area contributed by atoms with Crippen molar-refractivity contribution in [2.75, 3.05) is 0 Å². The number of aromatic nitrogens is 1. The van der Waals surface area contributed by atoms with E-state index in [0.29, 0.717) is 5.15 Å². The zero-order valence-electron chi connectivity index (χ0n) is 5.26. The van der Waals surface area contributed by atoms with E-state index in [1.807, 2.05) is 12.3 Å². The summed E-state index contributed by atoms with van der Waals surface area (Å²) in [6.45, 7) is 0. The predicted molar refractivity (Wildman–Crippen MR) is 34.7 cm³/mol. The van der Waals surface area contributed by atoms with E-state index < -0.39 is 17.1 Å². The van der Waals surface area contributed by atoms with Crippen LogP contribution >= 0.6 is 11.6 Å². The van der Waals surface area contributed by atoms with Crippen LogP contribution < -0.4 is 4.16 Å². The van der Waals surface area contributed by atoms with Crippen LogP contribution in [-0.4, -0.2) is 4.98 Å². The molecule has 0 aliphatic carbocycles. The van der Waals surface area contributed by atoms with Crippen LogP contribution in [0.4, 0.5) is 0 Å². The van der Waals surface area contributed by atoms with Crippen molar-refractivity contribution in [1.29, 1.82) is 0 Å². The second-order valence-electron chi connectivity index (χ2n) is 1.84. The van der Waals surface area contributed by atoms with Crippen molar-refractivity contribution >= 4 is 15.8 Å². The molecular formula is C6H6ClNZn. The Bertz CT molecular complexity index is 185. The van der Waals surface area contributed by atoms with Crippen molar-refractivity contribution < 1.29 is 17.1 Å². The molecule has 0 aliphatic heterocycles. The van der Waals surface area contributed by atoms with E-state index in [1.54, 1.807) is 0 Å². The third-order valence-corrected chi connectivity index (χ3v) is 4.01. The summed E-state index contributed by atoms with van der Waals surface area (Å²) in [5.74, 6) is 0. The molecule has 1 rings (SSSR count). The zero-order chi connectivity index (χ0) is 6.69. The molecule has 0 spiro atoms. The molecule has 0 aliphatic rings. The fraction of sp³-hybridized carbons (Fsp3) is 0.167. The van der Waals surface area contributed by atoms with Crippen molar-refractivity contribution in [1.82, 2.24) is 4.98 Å². The van der Waals surface area contributed by atoms with Gasteiger partial charge in [0.1, 0.15) is 0 Å². The van der Waals surface area contributed by atoms with Gasteiger partial charge in [-0.25, -0.2) is 0 Å². The fourth-order valence-electron chi connectivity index (χ4n) is 0.616. The molecule has 0 N–H and O–H groups in total. The number of hydrogen-bond donors (Lipinski definition) is 0. The first-order valence-corrected chi connectivity index (χ1v) is 7.76. The summed E-state index contributed by atoms with van der Waals surface area (Å²) in [5.41, 5.74) is 2.28. The number of halogens is 1. The molecule has 0 fully saturated rings. The maximum atomic E-state index is 5.58. The van der Waals surface area contributed by atoms with Gasteiger partial charge in [0.25, 0.3) is 0 Å². The SMILES string of the molecule is [CH3][Zn][c]1ccc(Cl)nc1. The molecule has 0 radical (unpaired) electrons. The molecule has 1 aromatic heterocycles. The van der Waals surface area contributed by atoms with E-state index in [-0.39, 0.29) is 0 Å². The van der Waals surface area contributed by atoms with E-state index in [4.69, 9.17) is 11.6 Å². The average Bonchev–Trinajstić information content (AvgIpc) is 1.90. The molecule has 0 aromatic carbocycles. The normalized spacial score (nSPS) is 8.67. The Morgan fingerprint density at radius 3 is 2.78 bits per heavy atom. The predicted octanol–water partition coefficient (Wildman–Crippen LogP) is 1.49. The Balaban J connectivity index is 2.88. The number of rotatable bonds is 1. The Morgan fingerprint density at radius 2 is 2.33 bits per heavy atom. The summed E-state index contributed by atoms with van der Waals surface area (Å²) >= 11 is 5.16. The molecule has 3 heteroatoms. The molecule has 0 amide bonds. The van der Waals surface area contributed by atoms with Gasteiger partial charge in [0.15, 0.2) is 0 Å². The molecule has 1 heterocycles. The van der Waals surface area contributed by atoms with E-state index in [2.05, 4.69) is 16.6 Å². The van der Waals surface area contributed by atoms with Crippen LogP contribution in [0.15, 0.2) is 18.3 Å². The quantitative estimate of drug-likeness (QED) is 0.486. The van der Waals surface area contributed by atoms with Crippen LogP contribution in [0.25, 0.3) is 0 Å². The molecule has 0 bridgehead atoms. The van der Waals surface area contributed by atoms with Crippen LogP contribution in [0.3, 0.4) is 0 Å². The molecule has 44 valence electrons. The standard InChI is InChI=1S/C5H3ClN.CH3.Zn/c6-5-3-1-2-4-7-5;;/h1,3-4H;1H3;. The summed E-state index contributed by atoms with van der Waals surface area (Å²) in [7, 11) is 0. The van der Waals surface area contributed by atoms with E-state index in [1.165, 1.54) is 4.16 Å².